The number of thioether (sulfide) groups is 1. The van der Waals surface area contributed by atoms with Crippen molar-refractivity contribution in [2.45, 2.75) is 46.1 Å². The summed E-state index contributed by atoms with van der Waals surface area (Å²) in [6.07, 6.45) is 14.9. The fourth-order valence-corrected chi connectivity index (χ4v) is 12.0. The smallest absolute Gasteiger partial charge is 0.338 e. The van der Waals surface area contributed by atoms with Crippen LogP contribution in [0.2, 0.25) is 0 Å². The molecule has 0 fully saturated rings. The lowest BCUT2D eigenvalue weighted by Crippen LogP contribution is -2.28. The molecular formula is C80H72N6O13S. The van der Waals surface area contributed by atoms with Crippen LogP contribution in [0.1, 0.15) is 72.4 Å². The van der Waals surface area contributed by atoms with E-state index >= 15 is 0 Å². The maximum atomic E-state index is 13.7. The molecule has 0 aromatic heterocycles. The Kier molecular flexibility index (Phi) is 24.9. The van der Waals surface area contributed by atoms with Gasteiger partial charge in [-0.15, -0.1) is 11.8 Å². The zero-order valence-corrected chi connectivity index (χ0v) is 57.0. The minimum Gasteiger partial charge on any atom is -0.488 e. The molecule has 8 rings (SSSR count). The molecule has 0 spiro atoms. The summed E-state index contributed by atoms with van der Waals surface area (Å²) in [7, 11) is 3.96. The van der Waals surface area contributed by atoms with Gasteiger partial charge < -0.3 is 47.9 Å². The molecular weight excluding hydrogens is 1280 g/mol. The van der Waals surface area contributed by atoms with Crippen LogP contribution in [0.4, 0.5) is 28.4 Å². The molecule has 506 valence electrons. The monoisotopic (exact) mass is 1360 g/mol. The topological polar surface area (TPSA) is 229 Å². The quantitative estimate of drug-likeness (QED) is 0.0111. The van der Waals surface area contributed by atoms with Gasteiger partial charge in [-0.2, -0.15) is 10.5 Å². The van der Waals surface area contributed by atoms with E-state index < -0.39 is 41.4 Å². The second-order valence-electron chi connectivity index (χ2n) is 23.5. The Bertz CT molecular complexity index is 4410. The van der Waals surface area contributed by atoms with E-state index in [2.05, 4.69) is 103 Å². The van der Waals surface area contributed by atoms with Gasteiger partial charge in [0.25, 0.3) is 0 Å². The number of nitriles is 2. The Labute approximate surface area is 585 Å². The van der Waals surface area contributed by atoms with Crippen molar-refractivity contribution in [3.63, 3.8) is 0 Å². The first-order valence-electron chi connectivity index (χ1n) is 31.4. The van der Waals surface area contributed by atoms with Crippen LogP contribution in [-0.2, 0) is 39.0 Å². The van der Waals surface area contributed by atoms with Gasteiger partial charge in [-0.05, 0) is 139 Å². The summed E-state index contributed by atoms with van der Waals surface area (Å²) in [6, 6.07) is 45.3. The second kappa shape index (κ2) is 34.0. The standard InChI is InChI=1S/C80H72N6O13S/c1-12-70(87)95-65-43-56(44-66(47-65)96-71(88)13-2)77(91)93-40-39-85(16-5)61-33-37-64(38-34-61)86(63-35-31-60(32-36-63)84(10)11)62-29-26-53(27-30-62)25-28-55-50-79(6,7)49-54(21-20-24-69-74(83-9)75(58(51-81)52-82)99-80(69,8)59-22-18-17-19-23-59)76(55)100-42-41-94-78(92)57-45-67(97-72(89)14-3)48-68(46-57)98-73(90)15-4/h12-15,17-38,43-48H,1-4,16,39-42,49-50H2,5-8,10-11H3/b24-20+,28-25+,54-21+. The minimum absolute atomic E-state index is 0.0102. The highest BCUT2D eigenvalue weighted by Gasteiger charge is 2.44. The third kappa shape index (κ3) is 18.8. The van der Waals surface area contributed by atoms with Crippen molar-refractivity contribution in [3.05, 3.63) is 287 Å². The van der Waals surface area contributed by atoms with E-state index in [1.807, 2.05) is 117 Å². The van der Waals surface area contributed by atoms with Gasteiger partial charge in [-0.25, -0.2) is 33.6 Å². The molecule has 0 amide bonds. The number of ether oxygens (including phenoxy) is 7. The Balaban J connectivity index is 1.10. The number of carbonyl (C=O) groups excluding carboxylic acids is 6. The van der Waals surface area contributed by atoms with E-state index in [1.165, 1.54) is 48.2 Å². The van der Waals surface area contributed by atoms with Crippen molar-refractivity contribution < 1.29 is 61.9 Å². The Morgan fingerprint density at radius 2 is 1.09 bits per heavy atom. The number of allylic oxidation sites excluding steroid dienone is 6. The van der Waals surface area contributed by atoms with Crippen LogP contribution in [0.5, 0.6) is 23.0 Å². The van der Waals surface area contributed by atoms with E-state index in [0.717, 1.165) is 74.4 Å². The van der Waals surface area contributed by atoms with Crippen molar-refractivity contribution in [2.24, 2.45) is 5.41 Å². The van der Waals surface area contributed by atoms with Crippen LogP contribution in [0.25, 0.3) is 10.9 Å². The third-order valence-corrected chi connectivity index (χ3v) is 16.9. The van der Waals surface area contributed by atoms with Gasteiger partial charge in [0, 0.05) is 102 Å². The summed E-state index contributed by atoms with van der Waals surface area (Å²) < 4.78 is 38.9. The minimum atomic E-state index is -1.24. The Morgan fingerprint density at radius 3 is 1.55 bits per heavy atom. The molecule has 100 heavy (non-hydrogen) atoms. The number of hydrogen-bond acceptors (Lipinski definition) is 19. The molecule has 6 aromatic rings. The molecule has 0 radical (unpaired) electrons. The fraction of sp³-hybridized carbons (Fsp3) is 0.188. The molecule has 1 atom stereocenters. The zero-order chi connectivity index (χ0) is 72.1. The number of nitrogens with zero attached hydrogens (tertiary/aromatic N) is 6. The van der Waals surface area contributed by atoms with Gasteiger partial charge in [0.2, 0.25) is 5.70 Å². The molecule has 0 saturated carbocycles. The van der Waals surface area contributed by atoms with E-state index in [-0.39, 0.29) is 75.5 Å². The summed E-state index contributed by atoms with van der Waals surface area (Å²) in [5.41, 5.74) is 6.73. The van der Waals surface area contributed by atoms with Crippen molar-refractivity contribution >= 4 is 82.1 Å². The maximum absolute atomic E-state index is 13.7. The number of esters is 6. The van der Waals surface area contributed by atoms with Crippen molar-refractivity contribution in [3.8, 4) is 35.1 Å². The van der Waals surface area contributed by atoms with Crippen molar-refractivity contribution in [1.82, 2.24) is 0 Å². The molecule has 2 aliphatic rings. The van der Waals surface area contributed by atoms with Crippen molar-refractivity contribution in [2.75, 3.05) is 60.9 Å². The van der Waals surface area contributed by atoms with Gasteiger partial charge in [0.05, 0.1) is 24.2 Å². The SMILES string of the molecule is [C-]#[N+]C1=C(/C=C/C=C2\CC(C)(C)CC(/C=C/c3ccc(N(c4ccc(N(C)C)cc4)c4ccc(N(CC)CCOC(=O)c5cc(OC(=O)C=C)cc(OC(=O)C=C)c5)cc4)cc3)=C2SCCOC(=O)c2cc(OC(=O)C=C)cc(OC(=O)C=C)c2)C(C)(c2ccccc2)OC1=C(C#N)C#N. The molecule has 1 unspecified atom stereocenters. The number of carbonyl (C=O) groups is 6. The molecule has 0 bridgehead atoms. The van der Waals surface area contributed by atoms with Gasteiger partial charge in [-0.1, -0.05) is 113 Å². The third-order valence-electron chi connectivity index (χ3n) is 15.7. The molecule has 0 saturated heterocycles. The maximum Gasteiger partial charge on any atom is 0.338 e. The summed E-state index contributed by atoms with van der Waals surface area (Å²) in [6.45, 7) is 30.9. The van der Waals surface area contributed by atoms with E-state index in [1.54, 1.807) is 13.0 Å². The average Bonchev–Trinajstić information content (AvgIpc) is 1.60. The predicted octanol–water partition coefficient (Wildman–Crippen LogP) is 15.9. The first kappa shape index (κ1) is 73.4. The second-order valence-corrected chi connectivity index (χ2v) is 24.6. The number of anilines is 5. The number of benzene rings is 6. The lowest BCUT2D eigenvalue weighted by molar-refractivity contribution is -0.130. The number of hydrogen-bond donors (Lipinski definition) is 0. The van der Waals surface area contributed by atoms with Crippen LogP contribution < -0.4 is 33.6 Å². The molecule has 19 nitrogen and oxygen atoms in total. The van der Waals surface area contributed by atoms with Crippen LogP contribution in [0, 0.1) is 34.6 Å². The van der Waals surface area contributed by atoms with E-state index in [0.29, 0.717) is 37.1 Å². The highest BCUT2D eigenvalue weighted by Crippen LogP contribution is 2.49. The van der Waals surface area contributed by atoms with Gasteiger partial charge in [0.15, 0.2) is 11.3 Å². The molecule has 0 N–H and O–H groups in total. The summed E-state index contributed by atoms with van der Waals surface area (Å²) in [5.74, 6) is -4.73. The van der Waals surface area contributed by atoms with Crippen LogP contribution in [0.15, 0.2) is 253 Å². The first-order valence-corrected chi connectivity index (χ1v) is 32.4. The first-order chi connectivity index (χ1) is 48.1. The van der Waals surface area contributed by atoms with E-state index in [4.69, 9.17) is 39.7 Å². The summed E-state index contributed by atoms with van der Waals surface area (Å²) >= 11 is 1.49. The lowest BCUT2D eigenvalue weighted by atomic mass is 9.74. The molecule has 1 aliphatic heterocycles. The normalized spacial score (nSPS) is 14.9. The Morgan fingerprint density at radius 1 is 0.620 bits per heavy atom. The molecule has 20 heteroatoms. The van der Waals surface area contributed by atoms with Gasteiger partial charge >= 0.3 is 35.8 Å². The molecule has 6 aromatic carbocycles. The lowest BCUT2D eigenvalue weighted by Gasteiger charge is -2.34. The Hall–Kier alpha value is -12.4. The van der Waals surface area contributed by atoms with Crippen molar-refractivity contribution in [1.29, 1.82) is 10.5 Å². The number of rotatable bonds is 28. The molecule has 1 aliphatic carbocycles. The van der Waals surface area contributed by atoms with Crippen LogP contribution in [0.3, 0.4) is 0 Å². The highest BCUT2D eigenvalue weighted by molar-refractivity contribution is 8.03. The van der Waals surface area contributed by atoms with Gasteiger partial charge in [0.1, 0.15) is 54.0 Å². The van der Waals surface area contributed by atoms with Crippen LogP contribution >= 0.6 is 11.8 Å². The zero-order valence-electron chi connectivity index (χ0n) is 56.2. The van der Waals surface area contributed by atoms with E-state index in [9.17, 15) is 39.3 Å². The summed E-state index contributed by atoms with van der Waals surface area (Å²) in [5, 5.41) is 19.9. The average molecular weight is 1360 g/mol. The summed E-state index contributed by atoms with van der Waals surface area (Å²) in [4.78, 5) is 86.4. The largest absolute Gasteiger partial charge is 0.488 e. The van der Waals surface area contributed by atoms with Crippen LogP contribution in [-0.4, -0.2) is 82.0 Å². The molecule has 1 heterocycles. The fourth-order valence-electron chi connectivity index (χ4n) is 10.9. The van der Waals surface area contributed by atoms with Gasteiger partial charge in [-0.3, -0.25) is 0 Å². The highest BCUT2D eigenvalue weighted by atomic mass is 32.2. The number of likely N-dealkylation sites (N-methyl/N-ethyl adjacent to an activating group) is 1. The predicted molar refractivity (Wildman–Crippen MR) is 386 cm³/mol.